The number of rotatable bonds is 2. The minimum Gasteiger partial charge on any atom is -0.398 e. The molecule has 0 saturated heterocycles. The van der Waals surface area contributed by atoms with E-state index in [-0.39, 0.29) is 5.02 Å². The molecule has 0 spiro atoms. The lowest BCUT2D eigenvalue weighted by Crippen LogP contribution is -1.96. The summed E-state index contributed by atoms with van der Waals surface area (Å²) in [5, 5.41) is 3.24. The predicted molar refractivity (Wildman–Crippen MR) is 78.0 cm³/mol. The molecule has 18 heavy (non-hydrogen) atoms. The first kappa shape index (κ1) is 13.2. The van der Waals surface area contributed by atoms with Crippen molar-refractivity contribution in [2.24, 2.45) is 0 Å². The fraction of sp³-hybridized carbons (Fsp3) is 0.0769. The first-order valence-corrected chi connectivity index (χ1v) is 6.42. The van der Waals surface area contributed by atoms with E-state index in [2.05, 4.69) is 21.2 Å². The normalized spacial score (nSPS) is 10.4. The average Bonchev–Trinajstić information content (AvgIpc) is 2.31. The zero-order valence-corrected chi connectivity index (χ0v) is 11.9. The first-order chi connectivity index (χ1) is 8.47. The largest absolute Gasteiger partial charge is 0.398 e. The molecular weight excluding hydrogens is 319 g/mol. The molecule has 5 heteroatoms. The molecule has 0 aliphatic carbocycles. The summed E-state index contributed by atoms with van der Waals surface area (Å²) in [5.41, 5.74) is 9.04. The highest BCUT2D eigenvalue weighted by atomic mass is 79.9. The SMILES string of the molecule is Cc1cc(Nc2ccc(F)c(Cl)c2)c(Br)cc1N. The van der Waals surface area contributed by atoms with Gasteiger partial charge in [-0.1, -0.05) is 11.6 Å². The summed E-state index contributed by atoms with van der Waals surface area (Å²) in [4.78, 5) is 0. The zero-order chi connectivity index (χ0) is 13.3. The van der Waals surface area contributed by atoms with Gasteiger partial charge < -0.3 is 11.1 Å². The number of hydrogen-bond donors (Lipinski definition) is 2. The lowest BCUT2D eigenvalue weighted by Gasteiger charge is -2.11. The van der Waals surface area contributed by atoms with E-state index >= 15 is 0 Å². The van der Waals surface area contributed by atoms with Gasteiger partial charge >= 0.3 is 0 Å². The fourth-order valence-electron chi connectivity index (χ4n) is 1.52. The van der Waals surface area contributed by atoms with Crippen LogP contribution in [0.3, 0.4) is 0 Å². The molecule has 2 aromatic carbocycles. The monoisotopic (exact) mass is 328 g/mol. The molecule has 0 bridgehead atoms. The minimum absolute atomic E-state index is 0.0864. The van der Waals surface area contributed by atoms with Gasteiger partial charge in [0, 0.05) is 15.8 Å². The second kappa shape index (κ2) is 5.16. The molecule has 0 radical (unpaired) electrons. The molecule has 0 atom stereocenters. The van der Waals surface area contributed by atoms with E-state index in [4.69, 9.17) is 17.3 Å². The number of nitrogen functional groups attached to an aromatic ring is 1. The van der Waals surface area contributed by atoms with Gasteiger partial charge in [-0.3, -0.25) is 0 Å². The van der Waals surface area contributed by atoms with E-state index in [0.717, 1.165) is 15.7 Å². The van der Waals surface area contributed by atoms with E-state index < -0.39 is 5.82 Å². The third-order valence-corrected chi connectivity index (χ3v) is 3.50. The van der Waals surface area contributed by atoms with Gasteiger partial charge in [-0.05, 0) is 58.7 Å². The molecule has 94 valence electrons. The third kappa shape index (κ3) is 2.76. The van der Waals surface area contributed by atoms with Crippen LogP contribution < -0.4 is 11.1 Å². The van der Waals surface area contributed by atoms with Crippen molar-refractivity contribution in [3.63, 3.8) is 0 Å². The summed E-state index contributed by atoms with van der Waals surface area (Å²) in [6.07, 6.45) is 0. The molecule has 2 nitrogen and oxygen atoms in total. The van der Waals surface area contributed by atoms with Gasteiger partial charge in [0.15, 0.2) is 0 Å². The Kier molecular flexibility index (Phi) is 3.78. The van der Waals surface area contributed by atoms with Gasteiger partial charge in [0.2, 0.25) is 0 Å². The number of nitrogens with one attached hydrogen (secondary N) is 1. The van der Waals surface area contributed by atoms with Crippen molar-refractivity contribution in [3.05, 3.63) is 51.2 Å². The van der Waals surface area contributed by atoms with E-state index in [0.29, 0.717) is 11.4 Å². The van der Waals surface area contributed by atoms with E-state index in [1.807, 2.05) is 19.1 Å². The lowest BCUT2D eigenvalue weighted by atomic mass is 10.2. The van der Waals surface area contributed by atoms with Crippen molar-refractivity contribution in [2.75, 3.05) is 11.1 Å². The van der Waals surface area contributed by atoms with Crippen molar-refractivity contribution in [2.45, 2.75) is 6.92 Å². The van der Waals surface area contributed by atoms with E-state index in [1.54, 1.807) is 6.07 Å². The average molecular weight is 330 g/mol. The van der Waals surface area contributed by atoms with Gasteiger partial charge in [0.05, 0.1) is 10.7 Å². The summed E-state index contributed by atoms with van der Waals surface area (Å²) in [6, 6.07) is 8.22. The Bertz CT molecular complexity index is 602. The van der Waals surface area contributed by atoms with Crippen LogP contribution in [0, 0.1) is 12.7 Å². The number of aryl methyl sites for hydroxylation is 1. The van der Waals surface area contributed by atoms with Crippen LogP contribution in [-0.2, 0) is 0 Å². The summed E-state index contributed by atoms with van der Waals surface area (Å²) < 4.78 is 13.9. The van der Waals surface area contributed by atoms with Gasteiger partial charge in [-0.2, -0.15) is 0 Å². The minimum atomic E-state index is -0.435. The Hall–Kier alpha value is -1.26. The number of anilines is 3. The Morgan fingerprint density at radius 1 is 1.28 bits per heavy atom. The van der Waals surface area contributed by atoms with Crippen molar-refractivity contribution >= 4 is 44.6 Å². The fourth-order valence-corrected chi connectivity index (χ4v) is 2.16. The van der Waals surface area contributed by atoms with Gasteiger partial charge in [0.25, 0.3) is 0 Å². The maximum absolute atomic E-state index is 13.0. The molecule has 0 amide bonds. The maximum Gasteiger partial charge on any atom is 0.141 e. The highest BCUT2D eigenvalue weighted by molar-refractivity contribution is 9.10. The quantitative estimate of drug-likeness (QED) is 0.771. The Morgan fingerprint density at radius 2 is 2.00 bits per heavy atom. The molecule has 3 N–H and O–H groups in total. The zero-order valence-electron chi connectivity index (χ0n) is 9.60. The molecule has 0 fully saturated rings. The van der Waals surface area contributed by atoms with Crippen LogP contribution in [0.15, 0.2) is 34.8 Å². The molecule has 0 aromatic heterocycles. The molecule has 0 heterocycles. The second-order valence-corrected chi connectivity index (χ2v) is 5.20. The number of halogens is 3. The molecular formula is C13H11BrClFN2. The van der Waals surface area contributed by atoms with Crippen LogP contribution in [0.1, 0.15) is 5.56 Å². The third-order valence-electron chi connectivity index (χ3n) is 2.55. The topological polar surface area (TPSA) is 38.0 Å². The van der Waals surface area contributed by atoms with Crippen molar-refractivity contribution in [3.8, 4) is 0 Å². The van der Waals surface area contributed by atoms with Gasteiger partial charge in [-0.15, -0.1) is 0 Å². The molecule has 0 saturated carbocycles. The summed E-state index contributed by atoms with van der Waals surface area (Å²) in [6.45, 7) is 1.92. The standard InChI is InChI=1S/C13H11BrClFN2/c1-7-4-13(9(14)6-12(7)17)18-8-2-3-11(16)10(15)5-8/h2-6,18H,17H2,1H3. The van der Waals surface area contributed by atoms with Crippen molar-refractivity contribution in [1.82, 2.24) is 0 Å². The molecule has 0 aliphatic rings. The van der Waals surface area contributed by atoms with Crippen LogP contribution in [0.5, 0.6) is 0 Å². The highest BCUT2D eigenvalue weighted by Crippen LogP contribution is 2.31. The molecule has 0 aliphatic heterocycles. The number of benzene rings is 2. The highest BCUT2D eigenvalue weighted by Gasteiger charge is 2.06. The summed E-state index contributed by atoms with van der Waals surface area (Å²) >= 11 is 9.15. The molecule has 0 unspecified atom stereocenters. The number of nitrogens with two attached hydrogens (primary N) is 1. The molecule has 2 aromatic rings. The van der Waals surface area contributed by atoms with Gasteiger partial charge in [-0.25, -0.2) is 4.39 Å². The van der Waals surface area contributed by atoms with Crippen LogP contribution in [-0.4, -0.2) is 0 Å². The predicted octanol–water partition coefficient (Wildman–Crippen LogP) is 4.88. The Balaban J connectivity index is 2.34. The van der Waals surface area contributed by atoms with Crippen molar-refractivity contribution in [1.29, 1.82) is 0 Å². The van der Waals surface area contributed by atoms with Crippen LogP contribution in [0.25, 0.3) is 0 Å². The van der Waals surface area contributed by atoms with Crippen LogP contribution in [0.2, 0.25) is 5.02 Å². The van der Waals surface area contributed by atoms with Crippen LogP contribution in [0.4, 0.5) is 21.5 Å². The van der Waals surface area contributed by atoms with Crippen molar-refractivity contribution < 1.29 is 4.39 Å². The molecule has 2 rings (SSSR count). The maximum atomic E-state index is 13.0. The van der Waals surface area contributed by atoms with E-state index in [1.165, 1.54) is 12.1 Å². The smallest absolute Gasteiger partial charge is 0.141 e. The van der Waals surface area contributed by atoms with E-state index in [9.17, 15) is 4.39 Å². The number of hydrogen-bond acceptors (Lipinski definition) is 2. The Labute approximate surface area is 118 Å². The van der Waals surface area contributed by atoms with Crippen LogP contribution >= 0.6 is 27.5 Å². The summed E-state index contributed by atoms with van der Waals surface area (Å²) in [7, 11) is 0. The Morgan fingerprint density at radius 3 is 2.67 bits per heavy atom. The lowest BCUT2D eigenvalue weighted by molar-refractivity contribution is 0.628. The summed E-state index contributed by atoms with van der Waals surface area (Å²) in [5.74, 6) is -0.435. The second-order valence-electron chi connectivity index (χ2n) is 3.94. The first-order valence-electron chi connectivity index (χ1n) is 5.25. The van der Waals surface area contributed by atoms with Gasteiger partial charge in [0.1, 0.15) is 5.82 Å².